The fraction of sp³-hybridized carbons (Fsp3) is 0.500. The normalized spacial score (nSPS) is 20.6. The number of esters is 1. The van der Waals surface area contributed by atoms with E-state index in [4.69, 9.17) is 4.74 Å². The first-order valence-corrected chi connectivity index (χ1v) is 10.2. The summed E-state index contributed by atoms with van der Waals surface area (Å²) in [6.45, 7) is 3.36. The second kappa shape index (κ2) is 9.66. The van der Waals surface area contributed by atoms with E-state index >= 15 is 0 Å². The average Bonchev–Trinajstić information content (AvgIpc) is 2.63. The number of thioether (sulfide) groups is 1. The average molecular weight is 362 g/mol. The van der Waals surface area contributed by atoms with Gasteiger partial charge in [-0.25, -0.2) is 0 Å². The highest BCUT2D eigenvalue weighted by molar-refractivity contribution is 7.99. The van der Waals surface area contributed by atoms with Gasteiger partial charge in [-0.3, -0.25) is 9.59 Å². The molecule has 0 aromatic heterocycles. The number of likely N-dealkylation sites (tertiary alicyclic amines) is 1. The molecule has 1 aromatic rings. The lowest BCUT2D eigenvalue weighted by Crippen LogP contribution is -2.50. The summed E-state index contributed by atoms with van der Waals surface area (Å²) in [5.41, 5.74) is 0.473. The van der Waals surface area contributed by atoms with Gasteiger partial charge in [0.15, 0.2) is 0 Å². The quantitative estimate of drug-likeness (QED) is 0.696. The first-order valence-electron chi connectivity index (χ1n) is 8.77. The molecule has 136 valence electrons. The second-order valence-corrected chi connectivity index (χ2v) is 7.24. The number of ether oxygens (including phenoxy) is 1. The molecular formula is C20H27NO3S. The number of rotatable bonds is 7. The van der Waals surface area contributed by atoms with E-state index in [0.29, 0.717) is 25.3 Å². The molecule has 1 aliphatic heterocycles. The van der Waals surface area contributed by atoms with Gasteiger partial charge in [-0.05, 0) is 38.0 Å². The van der Waals surface area contributed by atoms with Crippen LogP contribution >= 0.6 is 11.8 Å². The molecule has 0 spiro atoms. The smallest absolute Gasteiger partial charge is 0.314 e. The van der Waals surface area contributed by atoms with Crippen molar-refractivity contribution >= 4 is 29.7 Å². The van der Waals surface area contributed by atoms with Crippen LogP contribution in [0.15, 0.2) is 36.4 Å². The van der Waals surface area contributed by atoms with Gasteiger partial charge < -0.3 is 9.64 Å². The molecule has 0 N–H and O–H groups in total. The number of benzene rings is 1. The molecule has 1 aromatic carbocycles. The molecule has 1 aliphatic rings. The molecule has 25 heavy (non-hydrogen) atoms. The fourth-order valence-electron chi connectivity index (χ4n) is 3.24. The molecule has 1 heterocycles. The molecule has 5 heteroatoms. The van der Waals surface area contributed by atoms with Crippen LogP contribution in [0.4, 0.5) is 0 Å². The number of piperidine rings is 1. The van der Waals surface area contributed by atoms with Crippen LogP contribution in [0, 0.1) is 5.41 Å². The summed E-state index contributed by atoms with van der Waals surface area (Å²) in [7, 11) is 0. The zero-order valence-electron chi connectivity index (χ0n) is 15.1. The molecule has 1 fully saturated rings. The molecule has 0 aliphatic carbocycles. The Hall–Kier alpha value is -1.75. The highest BCUT2D eigenvalue weighted by Gasteiger charge is 2.43. The number of carbonyl (C=O) groups excluding carboxylic acids is 2. The standard InChI is InChI=1S/C20H27NO3S/c1-3-24-19(23)20(12-7-11-17-9-5-4-6-10-17)13-8-14-21(16-20)18(22)15-25-2/h4-7,9-11H,3,8,12-16H2,1-2H3. The summed E-state index contributed by atoms with van der Waals surface area (Å²) in [5, 5.41) is 0. The largest absolute Gasteiger partial charge is 0.466 e. The van der Waals surface area contributed by atoms with Crippen LogP contribution in [0.1, 0.15) is 31.7 Å². The van der Waals surface area contributed by atoms with Crippen molar-refractivity contribution in [1.29, 1.82) is 0 Å². The first kappa shape index (κ1) is 19.6. The summed E-state index contributed by atoms with van der Waals surface area (Å²) in [5.74, 6) is 0.376. The Morgan fingerprint density at radius 2 is 2.08 bits per heavy atom. The van der Waals surface area contributed by atoms with E-state index in [1.54, 1.807) is 0 Å². The maximum Gasteiger partial charge on any atom is 0.314 e. The number of carbonyl (C=O) groups is 2. The van der Waals surface area contributed by atoms with Crippen molar-refractivity contribution in [3.05, 3.63) is 42.0 Å². The van der Waals surface area contributed by atoms with Crippen LogP contribution in [-0.2, 0) is 14.3 Å². The van der Waals surface area contributed by atoms with Gasteiger partial charge in [0, 0.05) is 13.1 Å². The Labute approximate surface area is 154 Å². The van der Waals surface area contributed by atoms with E-state index in [1.807, 2.05) is 60.6 Å². The van der Waals surface area contributed by atoms with E-state index < -0.39 is 5.41 Å². The zero-order valence-corrected chi connectivity index (χ0v) is 15.9. The van der Waals surface area contributed by atoms with Crippen molar-refractivity contribution in [3.8, 4) is 0 Å². The highest BCUT2D eigenvalue weighted by Crippen LogP contribution is 2.36. The van der Waals surface area contributed by atoms with Crippen molar-refractivity contribution in [2.24, 2.45) is 5.41 Å². The Morgan fingerprint density at radius 1 is 1.32 bits per heavy atom. The molecule has 2 rings (SSSR count). The third-order valence-corrected chi connectivity index (χ3v) is 5.06. The van der Waals surface area contributed by atoms with Crippen molar-refractivity contribution in [2.45, 2.75) is 26.2 Å². The minimum atomic E-state index is -0.631. The van der Waals surface area contributed by atoms with Crippen LogP contribution in [-0.4, -0.2) is 48.5 Å². The Morgan fingerprint density at radius 3 is 2.76 bits per heavy atom. The Bertz CT molecular complexity index is 602. The molecule has 1 atom stereocenters. The van der Waals surface area contributed by atoms with Crippen LogP contribution in [0.25, 0.3) is 6.08 Å². The molecule has 1 unspecified atom stereocenters. The molecule has 0 bridgehead atoms. The summed E-state index contributed by atoms with van der Waals surface area (Å²) in [6, 6.07) is 10.0. The summed E-state index contributed by atoms with van der Waals surface area (Å²) < 4.78 is 5.36. The third-order valence-electron chi connectivity index (χ3n) is 4.52. The van der Waals surface area contributed by atoms with Crippen molar-refractivity contribution in [3.63, 3.8) is 0 Å². The highest BCUT2D eigenvalue weighted by atomic mass is 32.2. The van der Waals surface area contributed by atoms with E-state index in [0.717, 1.165) is 24.9 Å². The van der Waals surface area contributed by atoms with Gasteiger partial charge in [-0.1, -0.05) is 42.5 Å². The first-order chi connectivity index (χ1) is 12.1. The minimum absolute atomic E-state index is 0.105. The van der Waals surface area contributed by atoms with Crippen LogP contribution < -0.4 is 0 Å². The lowest BCUT2D eigenvalue weighted by Gasteiger charge is -2.40. The second-order valence-electron chi connectivity index (χ2n) is 6.37. The number of allylic oxidation sites excluding steroid dienone is 1. The lowest BCUT2D eigenvalue weighted by atomic mass is 9.76. The Kier molecular flexibility index (Phi) is 7.56. The van der Waals surface area contributed by atoms with Crippen LogP contribution in [0.5, 0.6) is 0 Å². The van der Waals surface area contributed by atoms with Crippen LogP contribution in [0.3, 0.4) is 0 Å². The number of nitrogens with zero attached hydrogens (tertiary/aromatic N) is 1. The van der Waals surface area contributed by atoms with Crippen LogP contribution in [0.2, 0.25) is 0 Å². The molecule has 0 saturated carbocycles. The minimum Gasteiger partial charge on any atom is -0.466 e. The summed E-state index contributed by atoms with van der Waals surface area (Å²) >= 11 is 1.52. The van der Waals surface area contributed by atoms with Crippen molar-refractivity contribution in [2.75, 3.05) is 31.7 Å². The zero-order chi connectivity index (χ0) is 18.1. The molecule has 0 radical (unpaired) electrons. The van der Waals surface area contributed by atoms with E-state index in [-0.39, 0.29) is 11.9 Å². The predicted octanol–water partition coefficient (Wildman–Crippen LogP) is 3.62. The molecular weight excluding hydrogens is 334 g/mol. The number of hydrogen-bond donors (Lipinski definition) is 0. The summed E-state index contributed by atoms with van der Waals surface area (Å²) in [6.07, 6.45) is 8.16. The molecule has 1 saturated heterocycles. The van der Waals surface area contributed by atoms with E-state index in [1.165, 1.54) is 11.8 Å². The number of hydrogen-bond acceptors (Lipinski definition) is 4. The van der Waals surface area contributed by atoms with Gasteiger partial charge in [0.1, 0.15) is 0 Å². The predicted molar refractivity (Wildman–Crippen MR) is 103 cm³/mol. The molecule has 1 amide bonds. The molecule has 4 nitrogen and oxygen atoms in total. The third kappa shape index (κ3) is 5.36. The Balaban J connectivity index is 2.14. The number of amides is 1. The van der Waals surface area contributed by atoms with Crippen molar-refractivity contribution in [1.82, 2.24) is 4.90 Å². The lowest BCUT2D eigenvalue weighted by molar-refractivity contribution is -0.160. The van der Waals surface area contributed by atoms with Gasteiger partial charge in [-0.15, -0.1) is 0 Å². The SMILES string of the molecule is CCOC(=O)C1(CC=Cc2ccccc2)CCCN(C(=O)CSC)C1. The monoisotopic (exact) mass is 361 g/mol. The topological polar surface area (TPSA) is 46.6 Å². The van der Waals surface area contributed by atoms with Crippen molar-refractivity contribution < 1.29 is 14.3 Å². The van der Waals surface area contributed by atoms with E-state index in [9.17, 15) is 9.59 Å². The summed E-state index contributed by atoms with van der Waals surface area (Å²) in [4.78, 5) is 26.8. The van der Waals surface area contributed by atoms with E-state index in [2.05, 4.69) is 0 Å². The van der Waals surface area contributed by atoms with Gasteiger partial charge in [0.2, 0.25) is 5.91 Å². The maximum atomic E-state index is 12.7. The van der Waals surface area contributed by atoms with Gasteiger partial charge >= 0.3 is 5.97 Å². The van der Waals surface area contributed by atoms with Gasteiger partial charge in [0.05, 0.1) is 17.8 Å². The van der Waals surface area contributed by atoms with Gasteiger partial charge in [-0.2, -0.15) is 11.8 Å². The van der Waals surface area contributed by atoms with Gasteiger partial charge in [0.25, 0.3) is 0 Å². The fourth-order valence-corrected chi connectivity index (χ4v) is 3.67. The maximum absolute atomic E-state index is 12.7.